The van der Waals surface area contributed by atoms with Gasteiger partial charge in [-0.05, 0) is 42.6 Å². The Morgan fingerprint density at radius 3 is 2.50 bits per heavy atom. The van der Waals surface area contributed by atoms with Crippen LogP contribution in [-0.4, -0.2) is 54.5 Å². The molecule has 0 aromatic carbocycles. The fourth-order valence-electron chi connectivity index (χ4n) is 4.17. The minimum Gasteiger partial charge on any atom is -0.467 e. The highest BCUT2D eigenvalue weighted by Gasteiger charge is 2.25. The van der Waals surface area contributed by atoms with E-state index in [9.17, 15) is 0 Å². The monoisotopic (exact) mass is 430 g/mol. The number of thiocarbonyl (C=S) groups is 1. The number of anilines is 3. The summed E-state index contributed by atoms with van der Waals surface area (Å²) in [7, 11) is 0. The lowest BCUT2D eigenvalue weighted by molar-refractivity contribution is 0.122. The zero-order chi connectivity index (χ0) is 20.9. The largest absolute Gasteiger partial charge is 0.467 e. The van der Waals surface area contributed by atoms with Crippen LogP contribution in [0.15, 0.2) is 28.9 Å². The van der Waals surface area contributed by atoms with Gasteiger partial charge in [-0.1, -0.05) is 13.8 Å². The molecule has 8 nitrogen and oxygen atoms in total. The van der Waals surface area contributed by atoms with Crippen molar-refractivity contribution in [1.82, 2.24) is 15.3 Å². The molecule has 0 saturated carbocycles. The van der Waals surface area contributed by atoms with E-state index in [1.165, 1.54) is 6.42 Å². The molecule has 9 heteroatoms. The first-order chi connectivity index (χ1) is 14.6. The van der Waals surface area contributed by atoms with E-state index in [4.69, 9.17) is 31.3 Å². The van der Waals surface area contributed by atoms with Crippen molar-refractivity contribution < 1.29 is 9.15 Å². The van der Waals surface area contributed by atoms with Gasteiger partial charge in [-0.2, -0.15) is 9.97 Å². The van der Waals surface area contributed by atoms with Crippen LogP contribution in [0.2, 0.25) is 0 Å². The number of nitrogens with one attached hydrogen (secondary N) is 2. The molecule has 0 radical (unpaired) electrons. The molecule has 2 unspecified atom stereocenters. The number of hydrogen-bond acceptors (Lipinski definition) is 7. The standard InChI is InChI=1S/C21H30N6O2S/c1-15-10-16(2)14-27(13-15)19-11-18(26-5-8-28-9-6-26)23-20(24-19)25-21(30)22-12-17-4-3-7-29-17/h3-4,7,11,15-16H,5-6,8-10,12-14H2,1-2H3,(H2,22,23,24,25,30). The highest BCUT2D eigenvalue weighted by molar-refractivity contribution is 7.80. The number of morpholine rings is 1. The van der Waals surface area contributed by atoms with Crippen LogP contribution in [0.1, 0.15) is 26.0 Å². The van der Waals surface area contributed by atoms with Crippen LogP contribution in [0, 0.1) is 11.8 Å². The number of rotatable bonds is 5. The van der Waals surface area contributed by atoms with Gasteiger partial charge in [-0.3, -0.25) is 0 Å². The fraction of sp³-hybridized carbons (Fsp3) is 0.571. The van der Waals surface area contributed by atoms with Crippen molar-refractivity contribution in [3.63, 3.8) is 0 Å². The van der Waals surface area contributed by atoms with E-state index in [1.807, 2.05) is 12.1 Å². The molecule has 2 N–H and O–H groups in total. The molecule has 2 aliphatic rings. The normalized spacial score (nSPS) is 22.1. The summed E-state index contributed by atoms with van der Waals surface area (Å²) in [6.07, 6.45) is 2.90. The van der Waals surface area contributed by atoms with Gasteiger partial charge in [0.15, 0.2) is 5.11 Å². The van der Waals surface area contributed by atoms with Gasteiger partial charge in [-0.25, -0.2) is 0 Å². The number of ether oxygens (including phenoxy) is 1. The fourth-order valence-corrected chi connectivity index (χ4v) is 4.33. The van der Waals surface area contributed by atoms with E-state index < -0.39 is 0 Å². The summed E-state index contributed by atoms with van der Waals surface area (Å²) >= 11 is 5.45. The van der Waals surface area contributed by atoms with Gasteiger partial charge in [0.05, 0.1) is 26.0 Å². The highest BCUT2D eigenvalue weighted by atomic mass is 32.1. The quantitative estimate of drug-likeness (QED) is 0.696. The molecule has 2 fully saturated rings. The summed E-state index contributed by atoms with van der Waals surface area (Å²) < 4.78 is 10.9. The summed E-state index contributed by atoms with van der Waals surface area (Å²) in [6.45, 7) is 10.2. The van der Waals surface area contributed by atoms with Crippen LogP contribution < -0.4 is 20.4 Å². The maximum absolute atomic E-state index is 5.51. The first kappa shape index (κ1) is 20.9. The van der Waals surface area contributed by atoms with E-state index in [0.717, 1.165) is 43.6 Å². The lowest BCUT2D eigenvalue weighted by Crippen LogP contribution is -2.40. The molecule has 4 heterocycles. The van der Waals surface area contributed by atoms with Crippen molar-refractivity contribution in [2.45, 2.75) is 26.8 Å². The van der Waals surface area contributed by atoms with E-state index in [2.05, 4.69) is 40.3 Å². The summed E-state index contributed by atoms with van der Waals surface area (Å²) in [5, 5.41) is 6.77. The topological polar surface area (TPSA) is 78.7 Å². The summed E-state index contributed by atoms with van der Waals surface area (Å²) in [4.78, 5) is 14.2. The smallest absolute Gasteiger partial charge is 0.232 e. The molecule has 0 spiro atoms. The average Bonchev–Trinajstić information content (AvgIpc) is 3.26. The number of furan rings is 1. The third-order valence-electron chi connectivity index (χ3n) is 5.46. The lowest BCUT2D eigenvalue weighted by Gasteiger charge is -2.36. The molecule has 2 saturated heterocycles. The Kier molecular flexibility index (Phi) is 6.69. The Morgan fingerprint density at radius 2 is 1.83 bits per heavy atom. The molecule has 162 valence electrons. The third-order valence-corrected chi connectivity index (χ3v) is 5.70. The molecule has 2 atom stereocenters. The molecule has 0 amide bonds. The molecule has 30 heavy (non-hydrogen) atoms. The van der Waals surface area contributed by atoms with Crippen molar-refractivity contribution >= 4 is 34.9 Å². The van der Waals surface area contributed by atoms with Crippen LogP contribution in [0.3, 0.4) is 0 Å². The molecule has 4 rings (SSSR count). The van der Waals surface area contributed by atoms with Crippen LogP contribution >= 0.6 is 12.2 Å². The van der Waals surface area contributed by atoms with Gasteiger partial charge in [0.2, 0.25) is 5.95 Å². The lowest BCUT2D eigenvalue weighted by atomic mass is 9.92. The maximum Gasteiger partial charge on any atom is 0.232 e. The van der Waals surface area contributed by atoms with Crippen molar-refractivity contribution in [3.8, 4) is 0 Å². The number of hydrogen-bond donors (Lipinski definition) is 2. The Balaban J connectivity index is 1.52. The van der Waals surface area contributed by atoms with E-state index in [0.29, 0.717) is 42.7 Å². The summed E-state index contributed by atoms with van der Waals surface area (Å²) in [5.74, 6) is 4.47. The van der Waals surface area contributed by atoms with Crippen LogP contribution in [0.5, 0.6) is 0 Å². The van der Waals surface area contributed by atoms with Gasteiger partial charge in [0, 0.05) is 32.2 Å². The van der Waals surface area contributed by atoms with Crippen molar-refractivity contribution in [2.24, 2.45) is 11.8 Å². The van der Waals surface area contributed by atoms with Gasteiger partial charge in [0.1, 0.15) is 17.4 Å². The minimum absolute atomic E-state index is 0.469. The first-order valence-electron chi connectivity index (χ1n) is 10.6. The van der Waals surface area contributed by atoms with E-state index >= 15 is 0 Å². The predicted octanol–water partition coefficient (Wildman–Crippen LogP) is 2.88. The van der Waals surface area contributed by atoms with E-state index in [1.54, 1.807) is 6.26 Å². The number of aromatic nitrogens is 2. The van der Waals surface area contributed by atoms with Crippen LogP contribution in [0.4, 0.5) is 17.6 Å². The van der Waals surface area contributed by atoms with Gasteiger partial charge >= 0.3 is 0 Å². The van der Waals surface area contributed by atoms with Gasteiger partial charge < -0.3 is 29.6 Å². The Morgan fingerprint density at radius 1 is 1.13 bits per heavy atom. The number of piperidine rings is 1. The molecule has 2 aliphatic heterocycles. The maximum atomic E-state index is 5.51. The van der Waals surface area contributed by atoms with Gasteiger partial charge in [-0.15, -0.1) is 0 Å². The molecule has 2 aromatic heterocycles. The third kappa shape index (κ3) is 5.40. The molecular formula is C21H30N6O2S. The Bertz CT molecular complexity index is 830. The number of nitrogens with zero attached hydrogens (tertiary/aromatic N) is 4. The predicted molar refractivity (Wildman–Crippen MR) is 122 cm³/mol. The Labute approximate surface area is 183 Å². The first-order valence-corrected chi connectivity index (χ1v) is 11.0. The second kappa shape index (κ2) is 9.61. The Hall–Kier alpha value is -2.39. The second-order valence-corrected chi connectivity index (χ2v) is 8.65. The molecule has 0 aliphatic carbocycles. The molecular weight excluding hydrogens is 400 g/mol. The van der Waals surface area contributed by atoms with Gasteiger partial charge in [0.25, 0.3) is 0 Å². The molecule has 2 aromatic rings. The average molecular weight is 431 g/mol. The highest BCUT2D eigenvalue weighted by Crippen LogP contribution is 2.28. The SMILES string of the molecule is CC1CC(C)CN(c2cc(N3CCOCC3)nc(NC(=S)NCc3ccco3)n2)C1. The molecule has 0 bridgehead atoms. The van der Waals surface area contributed by atoms with Crippen LogP contribution in [-0.2, 0) is 11.3 Å². The minimum atomic E-state index is 0.469. The van der Waals surface area contributed by atoms with Crippen molar-refractivity contribution in [1.29, 1.82) is 0 Å². The van der Waals surface area contributed by atoms with E-state index in [-0.39, 0.29) is 0 Å². The second-order valence-electron chi connectivity index (χ2n) is 8.25. The van der Waals surface area contributed by atoms with Crippen molar-refractivity contribution in [3.05, 3.63) is 30.2 Å². The zero-order valence-electron chi connectivity index (χ0n) is 17.6. The zero-order valence-corrected chi connectivity index (χ0v) is 18.5. The summed E-state index contributed by atoms with van der Waals surface area (Å²) in [5.41, 5.74) is 0. The van der Waals surface area contributed by atoms with Crippen LogP contribution in [0.25, 0.3) is 0 Å². The van der Waals surface area contributed by atoms with Crippen molar-refractivity contribution in [2.75, 3.05) is 54.5 Å². The summed E-state index contributed by atoms with van der Waals surface area (Å²) in [6, 6.07) is 5.86.